The number of rotatable bonds is 4. The van der Waals surface area contributed by atoms with E-state index in [-0.39, 0.29) is 4.90 Å². The zero-order valence-electron chi connectivity index (χ0n) is 9.87. The minimum absolute atomic E-state index is 0.0842. The van der Waals surface area contributed by atoms with Crippen LogP contribution in [0.5, 0.6) is 0 Å². The van der Waals surface area contributed by atoms with Crippen LogP contribution in [0, 0.1) is 0 Å². The van der Waals surface area contributed by atoms with Crippen molar-refractivity contribution in [2.45, 2.75) is 11.4 Å². The van der Waals surface area contributed by atoms with Crippen LogP contribution in [0.4, 0.5) is 5.69 Å². The van der Waals surface area contributed by atoms with Gasteiger partial charge in [0.1, 0.15) is 4.90 Å². The van der Waals surface area contributed by atoms with Gasteiger partial charge in [-0.3, -0.25) is 4.68 Å². The summed E-state index contributed by atoms with van der Waals surface area (Å²) in [5, 5.41) is 12.3. The van der Waals surface area contributed by atoms with E-state index in [1.165, 1.54) is 6.07 Å². The number of hydrogen-bond donors (Lipinski definition) is 2. The second-order valence-electron chi connectivity index (χ2n) is 3.88. The van der Waals surface area contributed by atoms with Crippen LogP contribution >= 0.6 is 0 Å². The van der Waals surface area contributed by atoms with E-state index in [4.69, 9.17) is 5.14 Å². The molecule has 0 saturated heterocycles. The molecule has 0 aliphatic carbocycles. The first-order valence-electron chi connectivity index (χ1n) is 5.31. The molecule has 0 unspecified atom stereocenters. The fourth-order valence-electron chi connectivity index (χ4n) is 1.60. The summed E-state index contributed by atoms with van der Waals surface area (Å²) in [6.07, 6.45) is 1.82. The number of anilines is 1. The Hall–Kier alpha value is -1.86. The third-order valence-corrected chi connectivity index (χ3v) is 3.39. The van der Waals surface area contributed by atoms with Gasteiger partial charge in [0, 0.05) is 13.2 Å². The van der Waals surface area contributed by atoms with Crippen molar-refractivity contribution in [3.05, 3.63) is 42.2 Å². The number of sulfonamides is 1. The normalized spacial score (nSPS) is 11.4. The largest absolute Gasteiger partial charge is 0.378 e. The Morgan fingerprint density at radius 1 is 1.33 bits per heavy atom. The molecule has 0 bridgehead atoms. The van der Waals surface area contributed by atoms with Crippen LogP contribution in [-0.4, -0.2) is 18.2 Å². The molecule has 2 rings (SSSR count). The predicted molar refractivity (Wildman–Crippen MR) is 68.3 cm³/mol. The van der Waals surface area contributed by atoms with Crippen molar-refractivity contribution in [2.24, 2.45) is 12.2 Å². The molecule has 1 aromatic heterocycles. The van der Waals surface area contributed by atoms with Crippen molar-refractivity contribution in [2.75, 3.05) is 5.32 Å². The van der Waals surface area contributed by atoms with Gasteiger partial charge < -0.3 is 5.32 Å². The van der Waals surface area contributed by atoms with Crippen LogP contribution in [0.15, 0.2) is 41.4 Å². The van der Waals surface area contributed by atoms with Crippen molar-refractivity contribution in [1.82, 2.24) is 9.78 Å². The van der Waals surface area contributed by atoms with Crippen LogP contribution in [0.1, 0.15) is 5.69 Å². The number of benzene rings is 1. The average molecular weight is 266 g/mol. The van der Waals surface area contributed by atoms with Crippen molar-refractivity contribution in [1.29, 1.82) is 0 Å². The topological polar surface area (TPSA) is 90.0 Å². The number of hydrogen-bond acceptors (Lipinski definition) is 4. The molecule has 1 aromatic carbocycles. The highest BCUT2D eigenvalue weighted by Gasteiger charge is 2.12. The molecule has 18 heavy (non-hydrogen) atoms. The van der Waals surface area contributed by atoms with Crippen LogP contribution in [0.25, 0.3) is 0 Å². The molecule has 96 valence electrons. The number of aromatic nitrogens is 2. The molecule has 0 amide bonds. The fourth-order valence-corrected chi connectivity index (χ4v) is 2.32. The first kappa shape index (κ1) is 12.6. The summed E-state index contributed by atoms with van der Waals surface area (Å²) in [5.74, 6) is 0. The van der Waals surface area contributed by atoms with E-state index in [9.17, 15) is 8.42 Å². The molecule has 0 aliphatic rings. The maximum Gasteiger partial charge on any atom is 0.240 e. The molecule has 0 spiro atoms. The first-order valence-corrected chi connectivity index (χ1v) is 6.85. The standard InChI is InChI=1S/C11H14N4O2S/c1-15-7-6-9(14-15)8-13-10-4-2-3-5-11(10)18(12,16)17/h2-7,13H,8H2,1H3,(H2,12,16,17). The maximum absolute atomic E-state index is 11.4. The second-order valence-corrected chi connectivity index (χ2v) is 5.41. The van der Waals surface area contributed by atoms with E-state index in [0.29, 0.717) is 12.2 Å². The molecule has 0 fully saturated rings. The van der Waals surface area contributed by atoms with Gasteiger partial charge in [0.25, 0.3) is 0 Å². The second kappa shape index (κ2) is 4.79. The minimum atomic E-state index is -3.72. The molecule has 0 saturated carbocycles. The molecule has 6 nitrogen and oxygen atoms in total. The van der Waals surface area contributed by atoms with Crippen LogP contribution in [0.2, 0.25) is 0 Å². The summed E-state index contributed by atoms with van der Waals surface area (Å²) in [4.78, 5) is 0.0842. The van der Waals surface area contributed by atoms with Crippen LogP contribution in [-0.2, 0) is 23.6 Å². The highest BCUT2D eigenvalue weighted by molar-refractivity contribution is 7.89. The quantitative estimate of drug-likeness (QED) is 0.851. The lowest BCUT2D eigenvalue weighted by molar-refractivity contribution is 0.598. The van der Waals surface area contributed by atoms with Gasteiger partial charge in [0.2, 0.25) is 10.0 Å². The number of primary sulfonamides is 1. The highest BCUT2D eigenvalue weighted by atomic mass is 32.2. The van der Waals surface area contributed by atoms with Gasteiger partial charge in [-0.2, -0.15) is 5.10 Å². The smallest absolute Gasteiger partial charge is 0.240 e. The van der Waals surface area contributed by atoms with Gasteiger partial charge in [0.15, 0.2) is 0 Å². The van der Waals surface area contributed by atoms with Gasteiger partial charge in [-0.05, 0) is 18.2 Å². The summed E-state index contributed by atoms with van der Waals surface area (Å²) in [5.41, 5.74) is 1.30. The fraction of sp³-hybridized carbons (Fsp3) is 0.182. The van der Waals surface area contributed by atoms with Crippen molar-refractivity contribution >= 4 is 15.7 Å². The SMILES string of the molecule is Cn1ccc(CNc2ccccc2S(N)(=O)=O)n1. The maximum atomic E-state index is 11.4. The number of para-hydroxylation sites is 1. The predicted octanol–water partition coefficient (Wildman–Crippen LogP) is 0.680. The Morgan fingerprint density at radius 2 is 2.06 bits per heavy atom. The Morgan fingerprint density at radius 3 is 2.67 bits per heavy atom. The molecule has 0 atom stereocenters. The number of aryl methyl sites for hydroxylation is 1. The third-order valence-electron chi connectivity index (χ3n) is 2.42. The van der Waals surface area contributed by atoms with Gasteiger partial charge in [-0.1, -0.05) is 12.1 Å². The van der Waals surface area contributed by atoms with Gasteiger partial charge in [-0.25, -0.2) is 13.6 Å². The molecule has 3 N–H and O–H groups in total. The van der Waals surface area contributed by atoms with Crippen molar-refractivity contribution < 1.29 is 8.42 Å². The van der Waals surface area contributed by atoms with Crippen molar-refractivity contribution in [3.8, 4) is 0 Å². The molecule has 1 heterocycles. The lowest BCUT2D eigenvalue weighted by Crippen LogP contribution is -2.15. The lowest BCUT2D eigenvalue weighted by Gasteiger charge is -2.09. The molecule has 7 heteroatoms. The van der Waals surface area contributed by atoms with E-state index in [2.05, 4.69) is 10.4 Å². The molecule has 0 radical (unpaired) electrons. The van der Waals surface area contributed by atoms with Crippen LogP contribution < -0.4 is 10.5 Å². The molecular formula is C11H14N4O2S. The van der Waals surface area contributed by atoms with E-state index in [1.54, 1.807) is 22.9 Å². The molecule has 0 aliphatic heterocycles. The van der Waals surface area contributed by atoms with Gasteiger partial charge in [0.05, 0.1) is 17.9 Å². The number of nitrogens with one attached hydrogen (secondary N) is 1. The summed E-state index contributed by atoms with van der Waals surface area (Å²) in [6, 6.07) is 8.37. The van der Waals surface area contributed by atoms with E-state index >= 15 is 0 Å². The third kappa shape index (κ3) is 2.88. The summed E-state index contributed by atoms with van der Waals surface area (Å²) in [6.45, 7) is 0.438. The molecule has 2 aromatic rings. The van der Waals surface area contributed by atoms with Crippen molar-refractivity contribution in [3.63, 3.8) is 0 Å². The summed E-state index contributed by atoms with van der Waals surface area (Å²) < 4.78 is 24.5. The highest BCUT2D eigenvalue weighted by Crippen LogP contribution is 2.19. The van der Waals surface area contributed by atoms with Gasteiger partial charge in [-0.15, -0.1) is 0 Å². The van der Waals surface area contributed by atoms with E-state index < -0.39 is 10.0 Å². The number of nitrogens with two attached hydrogens (primary N) is 1. The lowest BCUT2D eigenvalue weighted by atomic mass is 10.3. The van der Waals surface area contributed by atoms with E-state index in [0.717, 1.165) is 5.69 Å². The summed E-state index contributed by atoms with van der Waals surface area (Å²) in [7, 11) is -1.90. The Balaban J connectivity index is 2.20. The zero-order valence-corrected chi connectivity index (χ0v) is 10.7. The average Bonchev–Trinajstić information content (AvgIpc) is 2.72. The van der Waals surface area contributed by atoms with Gasteiger partial charge >= 0.3 is 0 Å². The Labute approximate surface area is 105 Å². The Kier molecular flexibility index (Phi) is 3.35. The minimum Gasteiger partial charge on any atom is -0.378 e. The first-order chi connectivity index (χ1) is 8.47. The van der Waals surface area contributed by atoms with Crippen LogP contribution in [0.3, 0.4) is 0 Å². The van der Waals surface area contributed by atoms with E-state index in [1.807, 2.05) is 19.3 Å². The monoisotopic (exact) mass is 266 g/mol. The summed E-state index contributed by atoms with van der Waals surface area (Å²) >= 11 is 0. The molecular weight excluding hydrogens is 252 g/mol. The number of nitrogens with zero attached hydrogens (tertiary/aromatic N) is 2. The Bertz CT molecular complexity index is 649. The zero-order chi connectivity index (χ0) is 13.2.